The summed E-state index contributed by atoms with van der Waals surface area (Å²) in [6.07, 6.45) is 0.968. The first kappa shape index (κ1) is 12.9. The highest BCUT2D eigenvalue weighted by molar-refractivity contribution is 6.30. The second-order valence-electron chi connectivity index (χ2n) is 5.30. The third kappa shape index (κ3) is 2.24. The maximum atomic E-state index is 10.8. The van der Waals surface area contributed by atoms with E-state index in [0.717, 1.165) is 17.9 Å². The number of rotatable bonds is 2. The number of aliphatic carboxylic acids is 1. The van der Waals surface area contributed by atoms with E-state index >= 15 is 0 Å². The van der Waals surface area contributed by atoms with Crippen LogP contribution in [0.4, 0.5) is 0 Å². The molecule has 102 valence electrons. The highest BCUT2D eigenvalue weighted by Gasteiger charge is 2.51. The fourth-order valence-corrected chi connectivity index (χ4v) is 3.10. The van der Waals surface area contributed by atoms with Crippen molar-refractivity contribution in [1.29, 1.82) is 0 Å². The number of carboxylic acid groups (broad SMARTS) is 1. The molecule has 1 aromatic carbocycles. The number of hydrogen-bond donors (Lipinski definition) is 1. The van der Waals surface area contributed by atoms with Gasteiger partial charge in [-0.05, 0) is 36.5 Å². The number of hydrogen-bond acceptors (Lipinski definition) is 3. The molecule has 4 nitrogen and oxygen atoms in total. The van der Waals surface area contributed by atoms with Crippen LogP contribution in [0.1, 0.15) is 24.3 Å². The second kappa shape index (κ2) is 4.78. The van der Waals surface area contributed by atoms with Crippen LogP contribution in [0.3, 0.4) is 0 Å². The average molecular weight is 283 g/mol. The van der Waals surface area contributed by atoms with Crippen LogP contribution in [0.25, 0.3) is 0 Å². The van der Waals surface area contributed by atoms with E-state index in [4.69, 9.17) is 26.2 Å². The fourth-order valence-electron chi connectivity index (χ4n) is 2.97. The van der Waals surface area contributed by atoms with Gasteiger partial charge in [0.15, 0.2) is 0 Å². The van der Waals surface area contributed by atoms with Gasteiger partial charge in [0.25, 0.3) is 6.29 Å². The summed E-state index contributed by atoms with van der Waals surface area (Å²) in [6, 6.07) is 7.81. The van der Waals surface area contributed by atoms with E-state index in [1.54, 1.807) is 0 Å². The Bertz CT molecular complexity index is 477. The van der Waals surface area contributed by atoms with Gasteiger partial charge in [-0.2, -0.15) is 0 Å². The lowest BCUT2D eigenvalue weighted by Crippen LogP contribution is -2.52. The fraction of sp³-hybridized carbons (Fsp3) is 0.500. The van der Waals surface area contributed by atoms with Crippen LogP contribution < -0.4 is 0 Å². The largest absolute Gasteiger partial charge is 0.477 e. The summed E-state index contributed by atoms with van der Waals surface area (Å²) in [5.41, 5.74) is 1.15. The lowest BCUT2D eigenvalue weighted by molar-refractivity contribution is -0.253. The molecule has 2 fully saturated rings. The van der Waals surface area contributed by atoms with Crippen LogP contribution in [-0.4, -0.2) is 30.6 Å². The summed E-state index contributed by atoms with van der Waals surface area (Å²) in [6.45, 7) is 0.883. The Morgan fingerprint density at radius 2 is 1.89 bits per heavy atom. The van der Waals surface area contributed by atoms with Gasteiger partial charge in [-0.1, -0.05) is 23.7 Å². The van der Waals surface area contributed by atoms with E-state index in [0.29, 0.717) is 19.1 Å². The molecule has 19 heavy (non-hydrogen) atoms. The molecule has 1 aromatic rings. The predicted molar refractivity (Wildman–Crippen MR) is 69.2 cm³/mol. The van der Waals surface area contributed by atoms with Crippen LogP contribution in [0.2, 0.25) is 5.02 Å². The number of carbonyl (C=O) groups is 1. The van der Waals surface area contributed by atoms with Crippen LogP contribution in [0, 0.1) is 5.41 Å². The lowest BCUT2D eigenvalue weighted by Gasteiger charge is -2.52. The smallest absolute Gasteiger partial charge is 0.361 e. The first-order chi connectivity index (χ1) is 9.11. The average Bonchev–Trinajstić information content (AvgIpc) is 2.40. The van der Waals surface area contributed by atoms with E-state index in [9.17, 15) is 4.79 Å². The number of halogens is 1. The molecule has 1 aliphatic carbocycles. The van der Waals surface area contributed by atoms with Crippen molar-refractivity contribution in [1.82, 2.24) is 0 Å². The second-order valence-corrected chi connectivity index (χ2v) is 5.73. The maximum Gasteiger partial charge on any atom is 0.361 e. The van der Waals surface area contributed by atoms with Gasteiger partial charge >= 0.3 is 5.97 Å². The summed E-state index contributed by atoms with van der Waals surface area (Å²) >= 11 is 5.89. The van der Waals surface area contributed by atoms with Crippen molar-refractivity contribution in [2.45, 2.75) is 25.0 Å². The molecular weight excluding hydrogens is 268 g/mol. The van der Waals surface area contributed by atoms with E-state index in [1.807, 2.05) is 24.3 Å². The van der Waals surface area contributed by atoms with Crippen molar-refractivity contribution in [2.75, 3.05) is 13.2 Å². The minimum absolute atomic E-state index is 0.0697. The van der Waals surface area contributed by atoms with Crippen LogP contribution in [0.15, 0.2) is 24.3 Å². The van der Waals surface area contributed by atoms with E-state index in [1.165, 1.54) is 5.56 Å². The Hall–Kier alpha value is -1.10. The van der Waals surface area contributed by atoms with Gasteiger partial charge in [-0.25, -0.2) is 4.79 Å². The van der Waals surface area contributed by atoms with Gasteiger partial charge < -0.3 is 14.6 Å². The third-order valence-corrected chi connectivity index (χ3v) is 4.44. The Labute approximate surface area is 116 Å². The zero-order valence-corrected chi connectivity index (χ0v) is 11.1. The van der Waals surface area contributed by atoms with Crippen molar-refractivity contribution in [3.8, 4) is 0 Å². The normalized spacial score (nSPS) is 33.9. The first-order valence-electron chi connectivity index (χ1n) is 6.32. The molecule has 1 aliphatic heterocycles. The summed E-state index contributed by atoms with van der Waals surface area (Å²) in [5, 5.41) is 9.57. The highest BCUT2D eigenvalue weighted by Crippen LogP contribution is 2.54. The molecule has 5 heteroatoms. The van der Waals surface area contributed by atoms with E-state index < -0.39 is 12.3 Å². The third-order valence-electron chi connectivity index (χ3n) is 4.19. The molecule has 1 unspecified atom stereocenters. The molecule has 1 atom stereocenters. The van der Waals surface area contributed by atoms with Gasteiger partial charge in [0.05, 0.1) is 13.2 Å². The maximum absolute atomic E-state index is 10.8. The molecule has 0 radical (unpaired) electrons. The van der Waals surface area contributed by atoms with Gasteiger partial charge in [-0.3, -0.25) is 0 Å². The minimum atomic E-state index is -1.11. The van der Waals surface area contributed by atoms with Crippen LogP contribution in [-0.2, 0) is 14.3 Å². The van der Waals surface area contributed by atoms with Crippen molar-refractivity contribution in [2.24, 2.45) is 5.41 Å². The van der Waals surface area contributed by atoms with Gasteiger partial charge in [0.1, 0.15) is 0 Å². The number of benzene rings is 1. The monoisotopic (exact) mass is 282 g/mol. The van der Waals surface area contributed by atoms with Crippen molar-refractivity contribution >= 4 is 17.6 Å². The molecule has 1 N–H and O–H groups in total. The Kier molecular flexibility index (Phi) is 3.25. The molecule has 0 amide bonds. The lowest BCUT2D eigenvalue weighted by atomic mass is 9.58. The van der Waals surface area contributed by atoms with Crippen molar-refractivity contribution in [3.05, 3.63) is 34.9 Å². The van der Waals surface area contributed by atoms with E-state index in [-0.39, 0.29) is 5.41 Å². The minimum Gasteiger partial charge on any atom is -0.477 e. The van der Waals surface area contributed by atoms with Crippen molar-refractivity contribution < 1.29 is 19.4 Å². The Morgan fingerprint density at radius 1 is 1.26 bits per heavy atom. The standard InChI is InChI=1S/C14H15ClO4/c15-10-3-1-9(2-4-10)11-5-6-14(11)7-18-13(12(16)17)19-8-14/h1-4,11,13H,5-8H2,(H,16,17). The first-order valence-corrected chi connectivity index (χ1v) is 6.70. The SMILES string of the molecule is O=C(O)C1OCC2(CCC2c2ccc(Cl)cc2)CO1. The quantitative estimate of drug-likeness (QED) is 0.906. The zero-order chi connectivity index (χ0) is 13.5. The Morgan fingerprint density at radius 3 is 2.37 bits per heavy atom. The molecule has 3 rings (SSSR count). The summed E-state index contributed by atoms with van der Waals surface area (Å²) < 4.78 is 10.6. The summed E-state index contributed by atoms with van der Waals surface area (Å²) in [7, 11) is 0. The van der Waals surface area contributed by atoms with E-state index in [2.05, 4.69) is 0 Å². The predicted octanol–water partition coefficient (Wildman–Crippen LogP) is 2.66. The van der Waals surface area contributed by atoms with Crippen molar-refractivity contribution in [3.63, 3.8) is 0 Å². The number of carboxylic acids is 1. The van der Waals surface area contributed by atoms with Crippen LogP contribution in [0.5, 0.6) is 0 Å². The molecule has 1 heterocycles. The van der Waals surface area contributed by atoms with Gasteiger partial charge in [-0.15, -0.1) is 0 Å². The van der Waals surface area contributed by atoms with Crippen LogP contribution >= 0.6 is 11.6 Å². The molecule has 1 spiro atoms. The van der Waals surface area contributed by atoms with Gasteiger partial charge in [0.2, 0.25) is 0 Å². The zero-order valence-electron chi connectivity index (χ0n) is 10.3. The molecule has 1 saturated heterocycles. The number of ether oxygens (including phenoxy) is 2. The molecule has 1 saturated carbocycles. The molecule has 0 bridgehead atoms. The molecule has 2 aliphatic rings. The molecule has 0 aromatic heterocycles. The highest BCUT2D eigenvalue weighted by atomic mass is 35.5. The Balaban J connectivity index is 1.73. The summed E-state index contributed by atoms with van der Waals surface area (Å²) in [4.78, 5) is 10.8. The molecular formula is C14H15ClO4. The summed E-state index contributed by atoms with van der Waals surface area (Å²) in [5.74, 6) is -0.697. The topological polar surface area (TPSA) is 55.8 Å². The van der Waals surface area contributed by atoms with Gasteiger partial charge in [0, 0.05) is 10.4 Å².